The molecule has 1 aromatic rings. The van der Waals surface area contributed by atoms with Crippen molar-refractivity contribution in [2.24, 2.45) is 0 Å². The van der Waals surface area contributed by atoms with Crippen molar-refractivity contribution in [1.29, 1.82) is 0 Å². The third-order valence-electron chi connectivity index (χ3n) is 3.91. The molecule has 2 N–H and O–H groups in total. The van der Waals surface area contributed by atoms with Crippen molar-refractivity contribution in [3.05, 3.63) is 34.9 Å². The Morgan fingerprint density at radius 3 is 2.62 bits per heavy atom. The molecule has 2 rings (SSSR count). The Balaban J connectivity index is 2.16. The number of carbonyl (C=O) groups is 1. The van der Waals surface area contributed by atoms with Crippen LogP contribution in [0, 0.1) is 0 Å². The van der Waals surface area contributed by atoms with Gasteiger partial charge in [-0.15, -0.1) is 0 Å². The van der Waals surface area contributed by atoms with Gasteiger partial charge in [0.05, 0.1) is 0 Å². The Hall–Kier alpha value is -1.13. The number of rotatable bonds is 7. The van der Waals surface area contributed by atoms with Crippen molar-refractivity contribution in [2.45, 2.75) is 51.0 Å². The minimum Gasteiger partial charge on any atom is -0.344 e. The van der Waals surface area contributed by atoms with E-state index in [2.05, 4.69) is 17.6 Å². The molecule has 3 nitrogen and oxygen atoms in total. The number of hydrogen-bond donors (Lipinski definition) is 2. The zero-order valence-corrected chi connectivity index (χ0v) is 13.8. The first-order valence-corrected chi connectivity index (χ1v) is 8.27. The molecule has 0 aromatic heterocycles. The topological polar surface area (TPSA) is 41.1 Å². The van der Waals surface area contributed by atoms with Crippen LogP contribution in [-0.4, -0.2) is 11.0 Å². The van der Waals surface area contributed by atoms with E-state index in [0.717, 1.165) is 24.8 Å². The highest BCUT2D eigenvalue weighted by Gasteiger charge is 2.45. The van der Waals surface area contributed by atoms with Crippen LogP contribution in [0.1, 0.15) is 51.0 Å². The van der Waals surface area contributed by atoms with Crippen molar-refractivity contribution in [1.82, 2.24) is 10.6 Å². The summed E-state index contributed by atoms with van der Waals surface area (Å²) in [5, 5.41) is 6.91. The van der Waals surface area contributed by atoms with Gasteiger partial charge in [0.25, 0.3) is 5.91 Å². The van der Waals surface area contributed by atoms with E-state index < -0.39 is 5.54 Å². The molecule has 5 heteroatoms. The van der Waals surface area contributed by atoms with Gasteiger partial charge >= 0.3 is 0 Å². The minimum atomic E-state index is -0.770. The third kappa shape index (κ3) is 3.74. The highest BCUT2D eigenvalue weighted by atomic mass is 35.5. The highest BCUT2D eigenvalue weighted by molar-refractivity contribution is 7.80. The van der Waals surface area contributed by atoms with Crippen LogP contribution in [0.4, 0.5) is 0 Å². The molecule has 1 aromatic carbocycles. The van der Waals surface area contributed by atoms with Crippen LogP contribution >= 0.6 is 23.8 Å². The van der Waals surface area contributed by atoms with Crippen LogP contribution in [-0.2, 0) is 10.3 Å². The molecule has 0 spiro atoms. The summed E-state index contributed by atoms with van der Waals surface area (Å²) >= 11 is 11.2. The first-order chi connectivity index (χ1) is 10.1. The SMILES string of the molecule is CCCCCCCC1(c2cccc(Cl)c2)NC(=S)NC1=O. The molecule has 1 aliphatic rings. The van der Waals surface area contributed by atoms with Gasteiger partial charge in [0.1, 0.15) is 5.54 Å². The molecule has 1 unspecified atom stereocenters. The third-order valence-corrected chi connectivity index (χ3v) is 4.35. The molecule has 0 aliphatic carbocycles. The molecule has 0 radical (unpaired) electrons. The van der Waals surface area contributed by atoms with Crippen LogP contribution in [0.5, 0.6) is 0 Å². The fourth-order valence-electron chi connectivity index (χ4n) is 2.76. The molecule has 1 fully saturated rings. The number of unbranched alkanes of at least 4 members (excludes halogenated alkanes) is 4. The summed E-state index contributed by atoms with van der Waals surface area (Å²) in [6.45, 7) is 2.19. The van der Waals surface area contributed by atoms with Gasteiger partial charge in [-0.1, -0.05) is 62.8 Å². The monoisotopic (exact) mass is 324 g/mol. The molecule has 1 heterocycles. The van der Waals surface area contributed by atoms with Crippen LogP contribution in [0.3, 0.4) is 0 Å². The van der Waals surface area contributed by atoms with E-state index in [1.54, 1.807) is 0 Å². The van der Waals surface area contributed by atoms with Crippen LogP contribution in [0.2, 0.25) is 5.02 Å². The molecule has 114 valence electrons. The lowest BCUT2D eigenvalue weighted by molar-refractivity contribution is -0.124. The molecule has 0 bridgehead atoms. The Morgan fingerprint density at radius 1 is 1.24 bits per heavy atom. The molecular formula is C16H21ClN2OS. The number of hydrogen-bond acceptors (Lipinski definition) is 2. The van der Waals surface area contributed by atoms with Crippen molar-refractivity contribution in [3.8, 4) is 0 Å². The number of benzene rings is 1. The highest BCUT2D eigenvalue weighted by Crippen LogP contribution is 2.32. The number of amides is 1. The quantitative estimate of drug-likeness (QED) is 0.590. The second-order valence-electron chi connectivity index (χ2n) is 5.49. The smallest absolute Gasteiger partial charge is 0.256 e. The molecule has 21 heavy (non-hydrogen) atoms. The average molecular weight is 325 g/mol. The van der Waals surface area contributed by atoms with Gasteiger partial charge in [-0.05, 0) is 36.3 Å². The predicted octanol–water partition coefficient (Wildman–Crippen LogP) is 3.90. The molecule has 0 saturated carbocycles. The van der Waals surface area contributed by atoms with Crippen LogP contribution in [0.15, 0.2) is 24.3 Å². The van der Waals surface area contributed by atoms with Gasteiger partial charge < -0.3 is 10.6 Å². The van der Waals surface area contributed by atoms with E-state index in [9.17, 15) is 4.79 Å². The lowest BCUT2D eigenvalue weighted by Gasteiger charge is -2.27. The van der Waals surface area contributed by atoms with E-state index in [0.29, 0.717) is 10.1 Å². The molecule has 1 saturated heterocycles. The van der Waals surface area contributed by atoms with Crippen LogP contribution < -0.4 is 10.6 Å². The minimum absolute atomic E-state index is 0.0785. The van der Waals surface area contributed by atoms with Gasteiger partial charge in [0.2, 0.25) is 0 Å². The largest absolute Gasteiger partial charge is 0.344 e. The summed E-state index contributed by atoms with van der Waals surface area (Å²) in [6.07, 6.45) is 6.48. The normalized spacial score (nSPS) is 21.2. The number of nitrogens with one attached hydrogen (secondary N) is 2. The van der Waals surface area contributed by atoms with Gasteiger partial charge in [-0.3, -0.25) is 4.79 Å². The number of carbonyl (C=O) groups excluding carboxylic acids is 1. The van der Waals surface area contributed by atoms with E-state index in [4.69, 9.17) is 23.8 Å². The fraction of sp³-hybridized carbons (Fsp3) is 0.500. The summed E-state index contributed by atoms with van der Waals surface area (Å²) < 4.78 is 0. The Kier molecular flexibility index (Phi) is 5.59. The van der Waals surface area contributed by atoms with E-state index >= 15 is 0 Å². The molecule has 1 aliphatic heterocycles. The fourth-order valence-corrected chi connectivity index (χ4v) is 3.22. The maximum Gasteiger partial charge on any atom is 0.256 e. The first kappa shape index (κ1) is 16.2. The average Bonchev–Trinajstić information content (AvgIpc) is 2.74. The second kappa shape index (κ2) is 7.23. The van der Waals surface area contributed by atoms with Gasteiger partial charge in [0, 0.05) is 5.02 Å². The Morgan fingerprint density at radius 2 is 2.00 bits per heavy atom. The van der Waals surface area contributed by atoms with Gasteiger partial charge in [-0.2, -0.15) is 0 Å². The standard InChI is InChI=1S/C16H21ClN2OS/c1-2-3-4-5-6-10-16(14(20)18-15(21)19-16)12-8-7-9-13(17)11-12/h7-9,11H,2-6,10H2,1H3,(H2,18,19,20,21). The lowest BCUT2D eigenvalue weighted by Crippen LogP contribution is -2.43. The van der Waals surface area contributed by atoms with E-state index in [1.807, 2.05) is 24.3 Å². The van der Waals surface area contributed by atoms with Crippen molar-refractivity contribution in [2.75, 3.05) is 0 Å². The zero-order valence-electron chi connectivity index (χ0n) is 12.2. The summed E-state index contributed by atoms with van der Waals surface area (Å²) in [5.41, 5.74) is 0.108. The van der Waals surface area contributed by atoms with Crippen molar-refractivity contribution >= 4 is 34.8 Å². The number of halogens is 1. The summed E-state index contributed by atoms with van der Waals surface area (Å²) in [4.78, 5) is 12.4. The van der Waals surface area contributed by atoms with Crippen molar-refractivity contribution < 1.29 is 4.79 Å². The summed E-state index contributed by atoms with van der Waals surface area (Å²) in [6, 6.07) is 7.45. The zero-order chi connectivity index (χ0) is 15.3. The predicted molar refractivity (Wildman–Crippen MR) is 90.4 cm³/mol. The maximum atomic E-state index is 12.4. The van der Waals surface area contributed by atoms with Crippen molar-refractivity contribution in [3.63, 3.8) is 0 Å². The second-order valence-corrected chi connectivity index (χ2v) is 6.33. The summed E-state index contributed by atoms with van der Waals surface area (Å²) in [5.74, 6) is -0.0785. The first-order valence-electron chi connectivity index (χ1n) is 7.48. The van der Waals surface area contributed by atoms with Gasteiger partial charge in [-0.25, -0.2) is 0 Å². The van der Waals surface area contributed by atoms with E-state index in [1.165, 1.54) is 19.3 Å². The maximum absolute atomic E-state index is 12.4. The molecular weight excluding hydrogens is 304 g/mol. The number of thiocarbonyl (C=S) groups is 1. The summed E-state index contributed by atoms with van der Waals surface area (Å²) in [7, 11) is 0. The Bertz CT molecular complexity index is 535. The molecule has 1 amide bonds. The lowest BCUT2D eigenvalue weighted by atomic mass is 9.84. The molecule has 1 atom stereocenters. The Labute approximate surface area is 136 Å². The van der Waals surface area contributed by atoms with Gasteiger partial charge in [0.15, 0.2) is 5.11 Å². The van der Waals surface area contributed by atoms with Crippen LogP contribution in [0.25, 0.3) is 0 Å². The van der Waals surface area contributed by atoms with E-state index in [-0.39, 0.29) is 5.91 Å².